The Balaban J connectivity index is 1.29. The van der Waals surface area contributed by atoms with Gasteiger partial charge in [-0.1, -0.05) is 12.1 Å². The van der Waals surface area contributed by atoms with E-state index in [9.17, 15) is 19.1 Å². The Morgan fingerprint density at radius 1 is 1.03 bits per heavy atom. The third-order valence-corrected chi connectivity index (χ3v) is 6.64. The second-order valence-electron chi connectivity index (χ2n) is 7.85. The highest BCUT2D eigenvalue weighted by Crippen LogP contribution is 2.37. The molecule has 6 nitrogen and oxygen atoms in total. The van der Waals surface area contributed by atoms with E-state index in [1.54, 1.807) is 27.4 Å². The van der Waals surface area contributed by atoms with Crippen LogP contribution in [0.2, 0.25) is 0 Å². The van der Waals surface area contributed by atoms with Gasteiger partial charge in [0.15, 0.2) is 0 Å². The molecule has 0 atom stereocenters. The van der Waals surface area contributed by atoms with E-state index in [1.807, 2.05) is 18.2 Å². The molecule has 5 rings (SSSR count). The van der Waals surface area contributed by atoms with E-state index >= 15 is 0 Å². The number of aromatic nitrogens is 1. The van der Waals surface area contributed by atoms with E-state index < -0.39 is 11.4 Å². The summed E-state index contributed by atoms with van der Waals surface area (Å²) in [6.07, 6.45) is 1.01. The van der Waals surface area contributed by atoms with Crippen LogP contribution in [-0.2, 0) is 4.79 Å². The molecule has 154 valence electrons. The summed E-state index contributed by atoms with van der Waals surface area (Å²) >= 11 is 1.53. The number of hydrogen-bond donors (Lipinski definition) is 1. The van der Waals surface area contributed by atoms with Crippen LogP contribution in [0.1, 0.15) is 23.2 Å². The van der Waals surface area contributed by atoms with Crippen LogP contribution in [0, 0.1) is 5.82 Å². The molecule has 0 unspecified atom stereocenters. The Morgan fingerprint density at radius 3 is 2.47 bits per heavy atom. The summed E-state index contributed by atoms with van der Waals surface area (Å²) in [6.45, 7) is 1.48. The fourth-order valence-electron chi connectivity index (χ4n) is 3.83. The average molecular weight is 425 g/mol. The van der Waals surface area contributed by atoms with Crippen molar-refractivity contribution in [3.05, 3.63) is 53.3 Å². The first kappa shape index (κ1) is 19.1. The molecule has 30 heavy (non-hydrogen) atoms. The number of rotatable bonds is 3. The number of carbonyl (C=O) groups excluding carboxylic acids is 2. The number of piperazine rings is 1. The van der Waals surface area contributed by atoms with Gasteiger partial charge in [-0.05, 0) is 42.7 Å². The molecule has 2 aromatic carbocycles. The summed E-state index contributed by atoms with van der Waals surface area (Å²) in [4.78, 5) is 32.6. The summed E-state index contributed by atoms with van der Waals surface area (Å²) in [7, 11) is 0. The highest BCUT2D eigenvalue weighted by atomic mass is 32.1. The van der Waals surface area contributed by atoms with Crippen molar-refractivity contribution < 1.29 is 19.1 Å². The molecule has 1 aliphatic heterocycles. The quantitative estimate of drug-likeness (QED) is 0.700. The number of hydrogen-bond acceptors (Lipinski definition) is 5. The van der Waals surface area contributed by atoms with Crippen LogP contribution in [0.4, 0.5) is 4.39 Å². The summed E-state index contributed by atoms with van der Waals surface area (Å²) in [5.41, 5.74) is 2.81. The largest absolute Gasteiger partial charge is 0.380 e. The Kier molecular flexibility index (Phi) is 4.56. The van der Waals surface area contributed by atoms with Crippen LogP contribution < -0.4 is 0 Å². The van der Waals surface area contributed by atoms with Gasteiger partial charge in [0.05, 0.1) is 15.7 Å². The fourth-order valence-corrected chi connectivity index (χ4v) is 4.49. The zero-order chi connectivity index (χ0) is 20.9. The molecule has 1 aromatic heterocycles. The number of thiazole rings is 1. The van der Waals surface area contributed by atoms with Crippen molar-refractivity contribution in [2.24, 2.45) is 0 Å². The van der Waals surface area contributed by atoms with E-state index in [0.29, 0.717) is 44.6 Å². The van der Waals surface area contributed by atoms with Crippen LogP contribution in [-0.4, -0.2) is 63.5 Å². The maximum Gasteiger partial charge on any atom is 0.254 e. The molecule has 1 aliphatic carbocycles. The summed E-state index contributed by atoms with van der Waals surface area (Å²) < 4.78 is 15.9. The van der Waals surface area contributed by atoms with Crippen LogP contribution in [0.15, 0.2) is 41.9 Å². The maximum absolute atomic E-state index is 14.8. The van der Waals surface area contributed by atoms with E-state index in [4.69, 9.17) is 0 Å². The minimum atomic E-state index is -1.19. The first-order valence-corrected chi connectivity index (χ1v) is 10.8. The molecular formula is C22H20FN3O3S. The van der Waals surface area contributed by atoms with E-state index in [1.165, 1.54) is 17.4 Å². The van der Waals surface area contributed by atoms with Gasteiger partial charge in [0.25, 0.3) is 11.8 Å². The number of carbonyl (C=O) groups is 2. The summed E-state index contributed by atoms with van der Waals surface area (Å²) in [5, 5.41) is 9.98. The van der Waals surface area contributed by atoms with Gasteiger partial charge >= 0.3 is 0 Å². The molecule has 2 fully saturated rings. The Morgan fingerprint density at radius 2 is 1.77 bits per heavy atom. The van der Waals surface area contributed by atoms with Gasteiger partial charge in [0.1, 0.15) is 11.4 Å². The topological polar surface area (TPSA) is 73.7 Å². The molecule has 8 heteroatoms. The highest BCUT2D eigenvalue weighted by molar-refractivity contribution is 7.16. The predicted octanol–water partition coefficient (Wildman–Crippen LogP) is 2.91. The minimum Gasteiger partial charge on any atom is -0.380 e. The molecule has 1 saturated carbocycles. The van der Waals surface area contributed by atoms with Crippen molar-refractivity contribution >= 4 is 33.4 Å². The third-order valence-electron chi connectivity index (χ3n) is 5.83. The number of fused-ring (bicyclic) bond motifs is 1. The standard InChI is InChI=1S/C22H20FN3O3S/c23-17-11-15(1-3-16(17)14-2-4-19-18(12-14)24-13-30-19)20(27)25-7-9-26(10-8-25)21(28)22(29)5-6-22/h1-4,11-13,29H,5-10H2. The smallest absolute Gasteiger partial charge is 0.254 e. The SMILES string of the molecule is O=C(c1ccc(-c2ccc3scnc3c2)c(F)c1)N1CCN(C(=O)C2(O)CC2)CC1. The van der Waals surface area contributed by atoms with Crippen molar-refractivity contribution in [3.63, 3.8) is 0 Å². The normalized spacial score (nSPS) is 17.9. The average Bonchev–Trinajstić information content (AvgIpc) is 3.34. The number of benzene rings is 2. The van der Waals surface area contributed by atoms with Crippen LogP contribution in [0.25, 0.3) is 21.3 Å². The molecule has 0 radical (unpaired) electrons. The predicted molar refractivity (Wildman–Crippen MR) is 112 cm³/mol. The molecule has 0 spiro atoms. The van der Waals surface area contributed by atoms with Crippen LogP contribution >= 0.6 is 11.3 Å². The molecule has 2 aliphatic rings. The number of amides is 2. The van der Waals surface area contributed by atoms with Gasteiger partial charge in [-0.15, -0.1) is 11.3 Å². The van der Waals surface area contributed by atoms with Crippen molar-refractivity contribution in [1.82, 2.24) is 14.8 Å². The molecule has 2 heterocycles. The van der Waals surface area contributed by atoms with E-state index in [0.717, 1.165) is 15.8 Å². The maximum atomic E-state index is 14.8. The second-order valence-corrected chi connectivity index (χ2v) is 8.73. The zero-order valence-electron chi connectivity index (χ0n) is 16.2. The monoisotopic (exact) mass is 425 g/mol. The zero-order valence-corrected chi connectivity index (χ0v) is 17.0. The molecule has 0 bridgehead atoms. The van der Waals surface area contributed by atoms with Gasteiger partial charge in [0, 0.05) is 37.3 Å². The van der Waals surface area contributed by atoms with Crippen molar-refractivity contribution in [3.8, 4) is 11.1 Å². The Hall–Kier alpha value is -2.84. The molecule has 3 aromatic rings. The van der Waals surface area contributed by atoms with Crippen LogP contribution in [0.5, 0.6) is 0 Å². The van der Waals surface area contributed by atoms with Crippen LogP contribution in [0.3, 0.4) is 0 Å². The molecule has 2 amide bonds. The lowest BCUT2D eigenvalue weighted by Crippen LogP contribution is -2.53. The first-order valence-electron chi connectivity index (χ1n) is 9.89. The molecular weight excluding hydrogens is 405 g/mol. The van der Waals surface area contributed by atoms with Gasteiger partial charge in [-0.25, -0.2) is 9.37 Å². The molecule has 1 saturated heterocycles. The number of halogens is 1. The van der Waals surface area contributed by atoms with Gasteiger partial charge in [-0.2, -0.15) is 0 Å². The second kappa shape index (κ2) is 7.14. The highest BCUT2D eigenvalue weighted by Gasteiger charge is 2.50. The number of nitrogens with zero attached hydrogens (tertiary/aromatic N) is 3. The van der Waals surface area contributed by atoms with Gasteiger partial charge in [-0.3, -0.25) is 9.59 Å². The van der Waals surface area contributed by atoms with Gasteiger partial charge in [0.2, 0.25) is 0 Å². The van der Waals surface area contributed by atoms with Crippen molar-refractivity contribution in [1.29, 1.82) is 0 Å². The van der Waals surface area contributed by atoms with Crippen molar-refractivity contribution in [2.75, 3.05) is 26.2 Å². The van der Waals surface area contributed by atoms with Gasteiger partial charge < -0.3 is 14.9 Å². The fraction of sp³-hybridized carbons (Fsp3) is 0.318. The van der Waals surface area contributed by atoms with E-state index in [-0.39, 0.29) is 17.4 Å². The lowest BCUT2D eigenvalue weighted by Gasteiger charge is -2.35. The number of aliphatic hydroxyl groups is 1. The lowest BCUT2D eigenvalue weighted by molar-refractivity contribution is -0.143. The van der Waals surface area contributed by atoms with Crippen molar-refractivity contribution in [2.45, 2.75) is 18.4 Å². The minimum absolute atomic E-state index is 0.248. The first-order chi connectivity index (χ1) is 14.4. The Labute approximate surface area is 176 Å². The molecule has 1 N–H and O–H groups in total. The Bertz CT molecular complexity index is 1150. The lowest BCUT2D eigenvalue weighted by atomic mass is 10.0. The summed E-state index contributed by atoms with van der Waals surface area (Å²) in [6, 6.07) is 10.1. The third kappa shape index (κ3) is 3.36. The summed E-state index contributed by atoms with van der Waals surface area (Å²) in [5.74, 6) is -0.963. The van der Waals surface area contributed by atoms with E-state index in [2.05, 4.69) is 4.98 Å².